The summed E-state index contributed by atoms with van der Waals surface area (Å²) in [6, 6.07) is 8.78. The normalized spacial score (nSPS) is 27.1. The Morgan fingerprint density at radius 2 is 1.96 bits per heavy atom. The summed E-state index contributed by atoms with van der Waals surface area (Å²) in [4.78, 5) is 14.9. The molecule has 3 heterocycles. The highest BCUT2D eigenvalue weighted by molar-refractivity contribution is 5.85. The minimum Gasteiger partial charge on any atom is -0.492 e. The van der Waals surface area contributed by atoms with E-state index in [0.29, 0.717) is 12.6 Å². The Labute approximate surface area is 150 Å². The Balaban J connectivity index is 0.00000169. The number of hydrogen-bond acceptors (Lipinski definition) is 3. The van der Waals surface area contributed by atoms with E-state index in [4.69, 9.17) is 4.74 Å². The van der Waals surface area contributed by atoms with Crippen LogP contribution in [0.15, 0.2) is 24.3 Å². The van der Waals surface area contributed by atoms with Crippen molar-refractivity contribution in [1.29, 1.82) is 0 Å². The molecule has 3 aliphatic rings. The van der Waals surface area contributed by atoms with Crippen molar-refractivity contribution in [2.24, 2.45) is 11.8 Å². The minimum absolute atomic E-state index is 0. The molecule has 4 rings (SSSR count). The van der Waals surface area contributed by atoms with Crippen LogP contribution >= 0.6 is 12.4 Å². The number of likely N-dealkylation sites (tertiary alicyclic amines) is 1. The lowest BCUT2D eigenvalue weighted by Crippen LogP contribution is -2.47. The molecule has 1 aromatic rings. The third-order valence-electron chi connectivity index (χ3n) is 5.75. The van der Waals surface area contributed by atoms with E-state index >= 15 is 0 Å². The molecule has 4 nitrogen and oxygen atoms in total. The number of piperidine rings is 1. The van der Waals surface area contributed by atoms with Crippen molar-refractivity contribution in [3.63, 3.8) is 0 Å². The van der Waals surface area contributed by atoms with Gasteiger partial charge in [-0.05, 0) is 56.2 Å². The highest BCUT2D eigenvalue weighted by Crippen LogP contribution is 2.30. The van der Waals surface area contributed by atoms with Crippen molar-refractivity contribution in [3.05, 3.63) is 29.8 Å². The second kappa shape index (κ2) is 7.75. The van der Waals surface area contributed by atoms with Crippen molar-refractivity contribution >= 4 is 18.3 Å². The van der Waals surface area contributed by atoms with Crippen LogP contribution in [-0.2, 0) is 11.2 Å². The molecule has 0 aromatic heterocycles. The Bertz CT molecular complexity index is 566. The van der Waals surface area contributed by atoms with Crippen LogP contribution in [0.2, 0.25) is 0 Å². The maximum atomic E-state index is 12.8. The maximum absolute atomic E-state index is 12.8. The molecule has 3 aliphatic heterocycles. The first kappa shape index (κ1) is 17.6. The molecule has 2 atom stereocenters. The minimum atomic E-state index is -0.00828. The molecule has 0 saturated carbocycles. The molecule has 24 heavy (non-hydrogen) atoms. The first-order valence-corrected chi connectivity index (χ1v) is 9.04. The maximum Gasteiger partial charge on any atom is 0.229 e. The summed E-state index contributed by atoms with van der Waals surface area (Å²) in [6.07, 6.45) is 5.73. The second-order valence-electron chi connectivity index (χ2n) is 7.19. The van der Waals surface area contributed by atoms with Crippen LogP contribution in [0.5, 0.6) is 5.75 Å². The molecule has 2 saturated heterocycles. The average molecular weight is 351 g/mol. The van der Waals surface area contributed by atoms with Gasteiger partial charge in [0.15, 0.2) is 0 Å². The van der Waals surface area contributed by atoms with Gasteiger partial charge in [-0.2, -0.15) is 0 Å². The lowest BCUT2D eigenvalue weighted by molar-refractivity contribution is -0.138. The first-order valence-electron chi connectivity index (χ1n) is 9.04. The Kier molecular flexibility index (Phi) is 5.67. The number of para-hydroxylation sites is 1. The zero-order chi connectivity index (χ0) is 15.6. The molecular formula is C19H27ClN2O2. The van der Waals surface area contributed by atoms with Crippen LogP contribution in [0.1, 0.15) is 31.2 Å². The van der Waals surface area contributed by atoms with Gasteiger partial charge in [0.2, 0.25) is 5.91 Å². The van der Waals surface area contributed by atoms with Crippen LogP contribution in [0, 0.1) is 11.8 Å². The lowest BCUT2D eigenvalue weighted by atomic mass is 9.87. The average Bonchev–Trinajstić information content (AvgIpc) is 3.15. The monoisotopic (exact) mass is 350 g/mol. The fourth-order valence-corrected chi connectivity index (χ4v) is 4.38. The molecule has 2 unspecified atom stereocenters. The summed E-state index contributed by atoms with van der Waals surface area (Å²) in [5, 5.41) is 3.62. The fraction of sp³-hybridized carbons (Fsp3) is 0.632. The fourth-order valence-electron chi connectivity index (χ4n) is 4.38. The smallest absolute Gasteiger partial charge is 0.229 e. The van der Waals surface area contributed by atoms with Crippen LogP contribution in [0.3, 0.4) is 0 Å². The quantitative estimate of drug-likeness (QED) is 0.891. The molecule has 0 radical (unpaired) electrons. The molecular weight excluding hydrogens is 324 g/mol. The van der Waals surface area contributed by atoms with E-state index in [2.05, 4.69) is 16.3 Å². The van der Waals surface area contributed by atoms with E-state index in [-0.39, 0.29) is 24.2 Å². The Morgan fingerprint density at radius 3 is 2.71 bits per heavy atom. The Morgan fingerprint density at radius 1 is 1.17 bits per heavy atom. The zero-order valence-electron chi connectivity index (χ0n) is 14.1. The molecule has 0 spiro atoms. The number of carbonyl (C=O) groups is 1. The second-order valence-corrected chi connectivity index (χ2v) is 7.19. The molecule has 1 aromatic carbocycles. The number of ether oxygens (including phenoxy) is 1. The van der Waals surface area contributed by atoms with Crippen molar-refractivity contribution < 1.29 is 9.53 Å². The van der Waals surface area contributed by atoms with Crippen molar-refractivity contribution in [3.8, 4) is 5.75 Å². The van der Waals surface area contributed by atoms with E-state index in [0.717, 1.165) is 44.0 Å². The topological polar surface area (TPSA) is 41.6 Å². The highest BCUT2D eigenvalue weighted by atomic mass is 35.5. The molecule has 132 valence electrons. The van der Waals surface area contributed by atoms with E-state index in [1.165, 1.54) is 24.9 Å². The molecule has 5 heteroatoms. The van der Waals surface area contributed by atoms with Crippen molar-refractivity contribution in [2.45, 2.75) is 38.1 Å². The first-order chi connectivity index (χ1) is 11.3. The third-order valence-corrected chi connectivity index (χ3v) is 5.75. The number of hydrogen-bond donors (Lipinski definition) is 1. The molecule has 0 aliphatic carbocycles. The SMILES string of the molecule is Cl.O=C(C1COc2ccccc2C1)N1CCC(C2CCCN2)CC1. The summed E-state index contributed by atoms with van der Waals surface area (Å²) < 4.78 is 5.79. The molecule has 2 fully saturated rings. The zero-order valence-corrected chi connectivity index (χ0v) is 14.9. The predicted molar refractivity (Wildman–Crippen MR) is 96.7 cm³/mol. The van der Waals surface area contributed by atoms with E-state index in [1.54, 1.807) is 0 Å². The van der Waals surface area contributed by atoms with Crippen LogP contribution < -0.4 is 10.1 Å². The van der Waals surface area contributed by atoms with Gasteiger partial charge in [-0.3, -0.25) is 4.79 Å². The van der Waals surface area contributed by atoms with E-state index in [1.807, 2.05) is 18.2 Å². The number of nitrogens with one attached hydrogen (secondary N) is 1. The van der Waals surface area contributed by atoms with Gasteiger partial charge in [0.1, 0.15) is 12.4 Å². The number of halogens is 1. The molecule has 0 bridgehead atoms. The standard InChI is InChI=1S/C19H26N2O2.ClH/c22-19(16-12-15-4-1-2-6-18(15)23-13-16)21-10-7-14(8-11-21)17-5-3-9-20-17;/h1-2,4,6,14,16-17,20H,3,5,7-13H2;1H. The lowest BCUT2D eigenvalue weighted by Gasteiger charge is -2.37. The largest absolute Gasteiger partial charge is 0.492 e. The van der Waals surface area contributed by atoms with Crippen LogP contribution in [0.25, 0.3) is 0 Å². The third kappa shape index (κ3) is 3.55. The van der Waals surface area contributed by atoms with Gasteiger partial charge >= 0.3 is 0 Å². The summed E-state index contributed by atoms with van der Waals surface area (Å²) >= 11 is 0. The molecule has 1 N–H and O–H groups in total. The van der Waals surface area contributed by atoms with Crippen molar-refractivity contribution in [2.75, 3.05) is 26.2 Å². The summed E-state index contributed by atoms with van der Waals surface area (Å²) in [6.45, 7) is 3.53. The number of amides is 1. The van der Waals surface area contributed by atoms with Gasteiger partial charge in [-0.1, -0.05) is 18.2 Å². The number of nitrogens with zero attached hydrogens (tertiary/aromatic N) is 1. The van der Waals surface area contributed by atoms with Crippen LogP contribution in [0.4, 0.5) is 0 Å². The van der Waals surface area contributed by atoms with Gasteiger partial charge in [0, 0.05) is 19.1 Å². The predicted octanol–water partition coefficient (Wildman–Crippen LogP) is 2.65. The summed E-state index contributed by atoms with van der Waals surface area (Å²) in [5.74, 6) is 1.98. The van der Waals surface area contributed by atoms with Gasteiger partial charge in [0.25, 0.3) is 0 Å². The van der Waals surface area contributed by atoms with Crippen LogP contribution in [-0.4, -0.2) is 43.1 Å². The number of fused-ring (bicyclic) bond motifs is 1. The van der Waals surface area contributed by atoms with Crippen molar-refractivity contribution in [1.82, 2.24) is 10.2 Å². The van der Waals surface area contributed by atoms with E-state index < -0.39 is 0 Å². The number of rotatable bonds is 2. The summed E-state index contributed by atoms with van der Waals surface area (Å²) in [7, 11) is 0. The van der Waals surface area contributed by atoms with Gasteiger partial charge in [0.05, 0.1) is 5.92 Å². The Hall–Kier alpha value is -1.26. The number of benzene rings is 1. The summed E-state index contributed by atoms with van der Waals surface area (Å²) in [5.41, 5.74) is 1.17. The van der Waals surface area contributed by atoms with Gasteiger partial charge < -0.3 is 15.0 Å². The highest BCUT2D eigenvalue weighted by Gasteiger charge is 2.34. The van der Waals surface area contributed by atoms with Gasteiger partial charge in [-0.25, -0.2) is 0 Å². The molecule has 1 amide bonds. The van der Waals surface area contributed by atoms with Gasteiger partial charge in [-0.15, -0.1) is 12.4 Å². The van der Waals surface area contributed by atoms with E-state index in [9.17, 15) is 4.79 Å². The number of carbonyl (C=O) groups excluding carboxylic acids is 1.